The Morgan fingerprint density at radius 2 is 2.10 bits per heavy atom. The van der Waals surface area contributed by atoms with Gasteiger partial charge in [-0.25, -0.2) is 5.01 Å². The van der Waals surface area contributed by atoms with Crippen LogP contribution in [0.25, 0.3) is 0 Å². The second-order valence-electron chi connectivity index (χ2n) is 4.67. The molecule has 106 valence electrons. The molecule has 0 fully saturated rings. The molecule has 0 saturated heterocycles. The van der Waals surface area contributed by atoms with Crippen molar-refractivity contribution in [3.05, 3.63) is 70.2 Å². The van der Waals surface area contributed by atoms with E-state index in [1.165, 1.54) is 0 Å². The van der Waals surface area contributed by atoms with Gasteiger partial charge in [-0.2, -0.15) is 5.10 Å². The zero-order valence-corrected chi connectivity index (χ0v) is 12.3. The number of hydrazone groups is 1. The predicted octanol–water partition coefficient (Wildman–Crippen LogP) is 3.50. The number of nitrogens with zero attached hydrogens (tertiary/aromatic N) is 3. The van der Waals surface area contributed by atoms with Crippen molar-refractivity contribution in [2.45, 2.75) is 6.61 Å². The molecule has 0 unspecified atom stereocenters. The molecule has 0 atom stereocenters. The van der Waals surface area contributed by atoms with Crippen LogP contribution in [0.4, 0.5) is 0 Å². The van der Waals surface area contributed by atoms with Gasteiger partial charge in [0.1, 0.15) is 6.61 Å². The highest BCUT2D eigenvalue weighted by Crippen LogP contribution is 2.18. The first-order valence-corrected chi connectivity index (χ1v) is 6.93. The maximum atomic E-state index is 5.96. The number of halogens is 1. The maximum absolute atomic E-state index is 5.96. The zero-order valence-electron chi connectivity index (χ0n) is 11.5. The van der Waals surface area contributed by atoms with Gasteiger partial charge in [0.05, 0.1) is 6.21 Å². The number of amidine groups is 1. The van der Waals surface area contributed by atoms with Gasteiger partial charge in [0.2, 0.25) is 0 Å². The fourth-order valence-electron chi connectivity index (χ4n) is 2.10. The van der Waals surface area contributed by atoms with Crippen LogP contribution in [0.3, 0.4) is 0 Å². The second-order valence-corrected chi connectivity index (χ2v) is 5.11. The van der Waals surface area contributed by atoms with Crippen molar-refractivity contribution in [3.8, 4) is 0 Å². The molecular formula is C16H14ClN3O. The van der Waals surface area contributed by atoms with Gasteiger partial charge in [0, 0.05) is 23.2 Å². The van der Waals surface area contributed by atoms with Gasteiger partial charge >= 0.3 is 0 Å². The van der Waals surface area contributed by atoms with E-state index in [1.807, 2.05) is 55.6 Å². The Labute approximate surface area is 128 Å². The van der Waals surface area contributed by atoms with Gasteiger partial charge in [-0.05, 0) is 17.7 Å². The van der Waals surface area contributed by atoms with Gasteiger partial charge in [0.15, 0.2) is 5.84 Å². The number of benzene rings is 2. The van der Waals surface area contributed by atoms with Crippen LogP contribution in [0, 0.1) is 0 Å². The minimum Gasteiger partial charge on any atom is -0.389 e. The molecule has 0 aliphatic carbocycles. The molecule has 1 aliphatic heterocycles. The van der Waals surface area contributed by atoms with E-state index in [0.29, 0.717) is 17.5 Å². The van der Waals surface area contributed by atoms with E-state index in [1.54, 1.807) is 11.2 Å². The second kappa shape index (κ2) is 5.97. The van der Waals surface area contributed by atoms with Crippen LogP contribution in [-0.4, -0.2) is 24.1 Å². The van der Waals surface area contributed by atoms with Crippen LogP contribution < -0.4 is 0 Å². The van der Waals surface area contributed by atoms with Crippen LogP contribution in [0.5, 0.6) is 0 Å². The summed E-state index contributed by atoms with van der Waals surface area (Å²) < 4.78 is 0. The molecular weight excluding hydrogens is 286 g/mol. The Morgan fingerprint density at radius 1 is 1.24 bits per heavy atom. The van der Waals surface area contributed by atoms with E-state index in [2.05, 4.69) is 10.3 Å². The summed E-state index contributed by atoms with van der Waals surface area (Å²) in [5.41, 5.74) is 3.07. The first kappa shape index (κ1) is 13.6. The lowest BCUT2D eigenvalue weighted by atomic mass is 10.1. The Kier molecular flexibility index (Phi) is 3.88. The molecule has 0 bridgehead atoms. The topological polar surface area (TPSA) is 37.2 Å². The third-order valence-electron chi connectivity index (χ3n) is 3.16. The van der Waals surface area contributed by atoms with E-state index in [4.69, 9.17) is 16.4 Å². The van der Waals surface area contributed by atoms with Crippen molar-refractivity contribution < 1.29 is 4.84 Å². The van der Waals surface area contributed by atoms with Gasteiger partial charge in [-0.3, -0.25) is 0 Å². The van der Waals surface area contributed by atoms with Crippen molar-refractivity contribution in [1.29, 1.82) is 0 Å². The summed E-state index contributed by atoms with van der Waals surface area (Å²) in [7, 11) is 1.84. The lowest BCUT2D eigenvalue weighted by molar-refractivity contribution is 0.121. The average molecular weight is 300 g/mol. The third-order valence-corrected chi connectivity index (χ3v) is 3.40. The molecule has 2 aromatic carbocycles. The SMILES string of the molecule is CN(/N=C/c1cccc(Cl)c1)C1=NOCc2ccccc21. The Hall–Kier alpha value is -2.33. The number of fused-ring (bicyclic) bond motifs is 1. The number of hydrogen-bond acceptors (Lipinski definition) is 4. The van der Waals surface area contributed by atoms with Gasteiger partial charge in [-0.1, -0.05) is 53.2 Å². The quantitative estimate of drug-likeness (QED) is 0.629. The maximum Gasteiger partial charge on any atom is 0.195 e. The third kappa shape index (κ3) is 3.06. The molecule has 5 heteroatoms. The van der Waals surface area contributed by atoms with Crippen molar-refractivity contribution in [2.75, 3.05) is 7.05 Å². The average Bonchev–Trinajstić information content (AvgIpc) is 2.52. The fourth-order valence-corrected chi connectivity index (χ4v) is 2.30. The minimum absolute atomic E-state index is 0.492. The van der Waals surface area contributed by atoms with E-state index in [-0.39, 0.29) is 0 Å². The highest BCUT2D eigenvalue weighted by Gasteiger charge is 2.17. The molecule has 0 spiro atoms. The Bertz CT molecular complexity index is 712. The summed E-state index contributed by atoms with van der Waals surface area (Å²) in [4.78, 5) is 5.25. The van der Waals surface area contributed by atoms with Gasteiger partial charge in [-0.15, -0.1) is 0 Å². The summed E-state index contributed by atoms with van der Waals surface area (Å²) in [5.74, 6) is 0.690. The summed E-state index contributed by atoms with van der Waals surface area (Å²) in [6, 6.07) is 15.5. The van der Waals surface area contributed by atoms with E-state index >= 15 is 0 Å². The van der Waals surface area contributed by atoms with Crippen molar-refractivity contribution >= 4 is 23.7 Å². The lowest BCUT2D eigenvalue weighted by Crippen LogP contribution is -2.26. The van der Waals surface area contributed by atoms with Crippen molar-refractivity contribution in [1.82, 2.24) is 5.01 Å². The summed E-state index contributed by atoms with van der Waals surface area (Å²) >= 11 is 5.96. The molecule has 0 radical (unpaired) electrons. The van der Waals surface area contributed by atoms with Crippen molar-refractivity contribution in [2.24, 2.45) is 10.3 Å². The lowest BCUT2D eigenvalue weighted by Gasteiger charge is -2.21. The van der Waals surface area contributed by atoms with Crippen LogP contribution in [0.1, 0.15) is 16.7 Å². The monoisotopic (exact) mass is 299 g/mol. The van der Waals surface area contributed by atoms with E-state index < -0.39 is 0 Å². The highest BCUT2D eigenvalue weighted by molar-refractivity contribution is 6.30. The number of hydrogen-bond donors (Lipinski definition) is 0. The molecule has 1 heterocycles. The fraction of sp³-hybridized carbons (Fsp3) is 0.125. The molecule has 0 N–H and O–H groups in total. The Morgan fingerprint density at radius 3 is 2.95 bits per heavy atom. The van der Waals surface area contributed by atoms with E-state index in [0.717, 1.165) is 16.7 Å². The summed E-state index contributed by atoms with van der Waals surface area (Å²) in [5, 5.41) is 10.9. The standard InChI is InChI=1S/C16H14ClN3O/c1-20(18-10-12-5-4-7-14(17)9-12)16-15-8-3-2-6-13(15)11-21-19-16/h2-10H,11H2,1H3/b18-10+. The molecule has 2 aromatic rings. The van der Waals surface area contributed by atoms with Crippen LogP contribution in [-0.2, 0) is 11.4 Å². The largest absolute Gasteiger partial charge is 0.389 e. The number of oxime groups is 1. The van der Waals surface area contributed by atoms with Gasteiger partial charge < -0.3 is 4.84 Å². The van der Waals surface area contributed by atoms with Gasteiger partial charge in [0.25, 0.3) is 0 Å². The molecule has 1 aliphatic rings. The van der Waals surface area contributed by atoms with Crippen LogP contribution >= 0.6 is 11.6 Å². The van der Waals surface area contributed by atoms with Crippen LogP contribution in [0.15, 0.2) is 58.8 Å². The molecule has 0 saturated carbocycles. The predicted molar refractivity (Wildman–Crippen MR) is 84.6 cm³/mol. The molecule has 0 aromatic heterocycles. The smallest absolute Gasteiger partial charge is 0.195 e. The molecule has 4 nitrogen and oxygen atoms in total. The summed E-state index contributed by atoms with van der Waals surface area (Å²) in [6.45, 7) is 0.492. The molecule has 0 amide bonds. The van der Waals surface area contributed by atoms with E-state index in [9.17, 15) is 0 Å². The molecule has 3 rings (SSSR count). The first-order valence-electron chi connectivity index (χ1n) is 6.55. The molecule has 21 heavy (non-hydrogen) atoms. The zero-order chi connectivity index (χ0) is 14.7. The van der Waals surface area contributed by atoms with Crippen LogP contribution in [0.2, 0.25) is 5.02 Å². The number of rotatable bonds is 2. The normalized spacial score (nSPS) is 13.5. The van der Waals surface area contributed by atoms with Crippen molar-refractivity contribution in [3.63, 3.8) is 0 Å². The Balaban J connectivity index is 1.83. The highest BCUT2D eigenvalue weighted by atomic mass is 35.5. The minimum atomic E-state index is 0.492. The first-order chi connectivity index (χ1) is 10.2. The summed E-state index contributed by atoms with van der Waals surface area (Å²) in [6.07, 6.45) is 1.74.